The number of aromatic nitrogens is 3. The van der Waals surface area contributed by atoms with Crippen molar-refractivity contribution in [2.24, 2.45) is 5.10 Å². The number of benzene rings is 3. The highest BCUT2D eigenvalue weighted by Gasteiger charge is 2.33. The monoisotopic (exact) mass is 734 g/mol. The van der Waals surface area contributed by atoms with Gasteiger partial charge < -0.3 is 15.0 Å². The molecule has 4 aromatic rings. The van der Waals surface area contributed by atoms with Crippen LogP contribution >= 0.6 is 31.9 Å². The largest absolute Gasteiger partial charge is 0.448 e. The predicted molar refractivity (Wildman–Crippen MR) is 167 cm³/mol. The molecule has 11 nitrogen and oxygen atoms in total. The lowest BCUT2D eigenvalue weighted by Gasteiger charge is -2.26. The van der Waals surface area contributed by atoms with Crippen LogP contribution in [0, 0.1) is 10.1 Å². The van der Waals surface area contributed by atoms with Crippen molar-refractivity contribution in [1.29, 1.82) is 0 Å². The van der Waals surface area contributed by atoms with Crippen molar-refractivity contribution in [3.8, 4) is 11.5 Å². The zero-order chi connectivity index (χ0) is 31.3. The molecular weight excluding hydrogens is 713 g/mol. The number of nitrogens with zero attached hydrogens (tertiary/aromatic N) is 6. The second-order valence-corrected chi connectivity index (χ2v) is 11.3. The van der Waals surface area contributed by atoms with Gasteiger partial charge in [0.05, 0.1) is 25.6 Å². The van der Waals surface area contributed by atoms with E-state index in [0.717, 1.165) is 50.2 Å². The minimum Gasteiger partial charge on any atom is -0.448 e. The third-order valence-corrected chi connectivity index (χ3v) is 7.56. The van der Waals surface area contributed by atoms with Gasteiger partial charge in [-0.15, -0.1) is 0 Å². The summed E-state index contributed by atoms with van der Waals surface area (Å²) in [5.41, 5.74) is 2.26. The van der Waals surface area contributed by atoms with Gasteiger partial charge in [-0.1, -0.05) is 18.2 Å². The Morgan fingerprint density at radius 3 is 2.30 bits per heavy atom. The van der Waals surface area contributed by atoms with Gasteiger partial charge in [0.1, 0.15) is 0 Å². The van der Waals surface area contributed by atoms with Crippen LogP contribution in [0.5, 0.6) is 11.5 Å². The van der Waals surface area contributed by atoms with Crippen molar-refractivity contribution in [3.63, 3.8) is 0 Å². The third-order valence-electron chi connectivity index (χ3n) is 6.39. The molecule has 2 heterocycles. The fourth-order valence-corrected chi connectivity index (χ4v) is 5.69. The Kier molecular flexibility index (Phi) is 9.58. The number of alkyl halides is 3. The lowest BCUT2D eigenvalue weighted by Crippen LogP contribution is -2.31. The zero-order valence-corrected chi connectivity index (χ0v) is 25.9. The summed E-state index contributed by atoms with van der Waals surface area (Å²) in [6, 6.07) is 14.8. The molecule has 44 heavy (non-hydrogen) atoms. The summed E-state index contributed by atoms with van der Waals surface area (Å²) in [4.78, 5) is 26.2. The number of hydrazone groups is 1. The summed E-state index contributed by atoms with van der Waals surface area (Å²) >= 11 is 6.72. The minimum absolute atomic E-state index is 0.123. The second kappa shape index (κ2) is 13.5. The average Bonchev–Trinajstić information content (AvgIpc) is 2.99. The van der Waals surface area contributed by atoms with Crippen molar-refractivity contribution in [3.05, 3.63) is 90.9 Å². The highest BCUT2D eigenvalue weighted by atomic mass is 79.9. The molecule has 5 rings (SSSR count). The van der Waals surface area contributed by atoms with Crippen LogP contribution in [0.1, 0.15) is 30.4 Å². The molecule has 1 aliphatic rings. The van der Waals surface area contributed by atoms with Gasteiger partial charge in [0.25, 0.3) is 0 Å². The molecule has 0 radical (unpaired) electrons. The van der Waals surface area contributed by atoms with Gasteiger partial charge in [-0.25, -0.2) is 5.43 Å². The Morgan fingerprint density at radius 1 is 0.955 bits per heavy atom. The lowest BCUT2D eigenvalue weighted by molar-refractivity contribution is -0.385. The molecule has 228 valence electrons. The highest BCUT2D eigenvalue weighted by Crippen LogP contribution is 2.42. The van der Waals surface area contributed by atoms with E-state index in [9.17, 15) is 23.3 Å². The molecule has 1 aliphatic heterocycles. The van der Waals surface area contributed by atoms with Gasteiger partial charge >= 0.3 is 11.9 Å². The maximum Gasteiger partial charge on any atom is 0.416 e. The zero-order valence-electron chi connectivity index (χ0n) is 22.7. The van der Waals surface area contributed by atoms with Crippen molar-refractivity contribution in [2.75, 3.05) is 28.7 Å². The summed E-state index contributed by atoms with van der Waals surface area (Å²) < 4.78 is 45.6. The number of piperidine rings is 1. The molecular formula is C28H23Br2F3N8O3. The first-order valence-corrected chi connectivity index (χ1v) is 14.8. The standard InChI is InChI=1S/C28H23Br2F3N8O3/c29-20-13-17(14-21(30)24(20)44-23-10-9-18(28(31,32)33)15-22(23)41(42)43)16-34-39-26-36-25(35-19-7-3-1-4-8-19)37-27(38-26)40-11-5-2-6-12-40/h1,3-4,7-10,13-16H,2,5-6,11-12H2,(H2,35,36,37,38,39)/b34-16-. The van der Waals surface area contributed by atoms with Crippen molar-refractivity contribution in [2.45, 2.75) is 25.4 Å². The first-order chi connectivity index (χ1) is 21.1. The van der Waals surface area contributed by atoms with E-state index in [1.165, 1.54) is 6.21 Å². The van der Waals surface area contributed by atoms with Crippen LogP contribution in [0.15, 0.2) is 74.7 Å². The van der Waals surface area contributed by atoms with Gasteiger partial charge in [-0.2, -0.15) is 33.2 Å². The number of hydrogen-bond donors (Lipinski definition) is 2. The second-order valence-electron chi connectivity index (χ2n) is 9.54. The molecule has 2 N–H and O–H groups in total. The lowest BCUT2D eigenvalue weighted by atomic mass is 10.1. The van der Waals surface area contributed by atoms with Crippen LogP contribution in [-0.2, 0) is 6.18 Å². The maximum atomic E-state index is 13.1. The Hall–Kier alpha value is -4.31. The number of halogens is 5. The molecule has 0 amide bonds. The van der Waals surface area contributed by atoms with E-state index in [-0.39, 0.29) is 17.4 Å². The summed E-state index contributed by atoms with van der Waals surface area (Å²) in [5.74, 6) is 0.877. The molecule has 0 aliphatic carbocycles. The molecule has 0 unspecified atom stereocenters. The van der Waals surface area contributed by atoms with Crippen molar-refractivity contribution >= 4 is 67.3 Å². The highest BCUT2D eigenvalue weighted by molar-refractivity contribution is 9.11. The molecule has 1 saturated heterocycles. The van der Waals surface area contributed by atoms with Crippen LogP contribution in [0.4, 0.5) is 42.4 Å². The number of nitro benzene ring substituents is 1. The Bertz CT molecular complexity index is 1660. The minimum atomic E-state index is -4.74. The van der Waals surface area contributed by atoms with Crippen LogP contribution < -0.4 is 20.4 Å². The van der Waals surface area contributed by atoms with Crippen LogP contribution in [0.3, 0.4) is 0 Å². The van der Waals surface area contributed by atoms with E-state index >= 15 is 0 Å². The van der Waals surface area contributed by atoms with Gasteiger partial charge in [0, 0.05) is 24.8 Å². The Balaban J connectivity index is 1.35. The topological polar surface area (TPSA) is 131 Å². The molecule has 0 spiro atoms. The van der Waals surface area contributed by atoms with Gasteiger partial charge in [0.15, 0.2) is 5.75 Å². The van der Waals surface area contributed by atoms with Crippen LogP contribution in [0.2, 0.25) is 0 Å². The van der Waals surface area contributed by atoms with Crippen molar-refractivity contribution < 1.29 is 22.8 Å². The van der Waals surface area contributed by atoms with E-state index in [2.05, 4.69) is 67.6 Å². The fraction of sp³-hybridized carbons (Fsp3) is 0.214. The number of para-hydroxylation sites is 1. The number of rotatable bonds is 9. The van der Waals surface area contributed by atoms with Crippen molar-refractivity contribution in [1.82, 2.24) is 15.0 Å². The fourth-order valence-electron chi connectivity index (χ4n) is 4.31. The van der Waals surface area contributed by atoms with E-state index < -0.39 is 22.4 Å². The Morgan fingerprint density at radius 2 is 1.64 bits per heavy atom. The normalized spacial score (nSPS) is 13.6. The summed E-state index contributed by atoms with van der Waals surface area (Å²) in [6.07, 6.45) is 0.000127. The maximum absolute atomic E-state index is 13.1. The summed E-state index contributed by atoms with van der Waals surface area (Å²) in [6.45, 7) is 1.67. The first kappa shape index (κ1) is 31.1. The number of anilines is 4. The first-order valence-electron chi connectivity index (χ1n) is 13.2. The molecule has 0 saturated carbocycles. The SMILES string of the molecule is O=[N+]([O-])c1cc(C(F)(F)F)ccc1Oc1c(Br)cc(/C=N\Nc2nc(Nc3ccccc3)nc(N3CCCCC3)n2)cc1Br. The van der Waals surface area contributed by atoms with Crippen LogP contribution in [0.25, 0.3) is 0 Å². The smallest absolute Gasteiger partial charge is 0.416 e. The molecule has 0 bridgehead atoms. The third kappa shape index (κ3) is 7.79. The summed E-state index contributed by atoms with van der Waals surface area (Å²) in [7, 11) is 0. The van der Waals surface area contributed by atoms with E-state index in [1.807, 2.05) is 30.3 Å². The van der Waals surface area contributed by atoms with Gasteiger partial charge in [-0.05, 0) is 93.1 Å². The van der Waals surface area contributed by atoms with E-state index in [0.29, 0.717) is 32.5 Å². The van der Waals surface area contributed by atoms with E-state index in [1.54, 1.807) is 12.1 Å². The number of nitro groups is 1. The predicted octanol–water partition coefficient (Wildman–Crippen LogP) is 8.30. The number of ether oxygens (including phenoxy) is 1. The molecule has 3 aromatic carbocycles. The molecule has 16 heteroatoms. The quantitative estimate of drug-likeness (QED) is 0.0990. The van der Waals surface area contributed by atoms with Crippen LogP contribution in [-0.4, -0.2) is 39.2 Å². The molecule has 1 aromatic heterocycles. The summed E-state index contributed by atoms with van der Waals surface area (Å²) in [5, 5.41) is 18.9. The average molecular weight is 736 g/mol. The van der Waals surface area contributed by atoms with Gasteiger partial charge in [-0.3, -0.25) is 10.1 Å². The van der Waals surface area contributed by atoms with E-state index in [4.69, 9.17) is 4.74 Å². The Labute approximate surface area is 266 Å². The van der Waals surface area contributed by atoms with Gasteiger partial charge in [0.2, 0.25) is 23.6 Å². The molecule has 0 atom stereocenters. The molecule has 1 fully saturated rings. The number of nitrogens with one attached hydrogen (secondary N) is 2. The number of hydrogen-bond acceptors (Lipinski definition) is 10.